The molecule has 0 fully saturated rings. The molecule has 1 heterocycles. The Morgan fingerprint density at radius 1 is 1.53 bits per heavy atom. The first-order chi connectivity index (χ1) is 6.96. The van der Waals surface area contributed by atoms with Crippen molar-refractivity contribution in [2.75, 3.05) is 13.4 Å². The van der Waals surface area contributed by atoms with Crippen LogP contribution in [0.15, 0.2) is 0 Å². The SMILES string of the molecule is COCc1nc(CS(C)(=O)=O)sc1CN. The lowest BCUT2D eigenvalue weighted by Crippen LogP contribution is -2.01. The van der Waals surface area contributed by atoms with E-state index < -0.39 is 9.84 Å². The third-order valence-electron chi connectivity index (χ3n) is 1.67. The lowest BCUT2D eigenvalue weighted by atomic mass is 10.4. The average molecular weight is 250 g/mol. The summed E-state index contributed by atoms with van der Waals surface area (Å²) in [6, 6.07) is 0. The normalized spacial score (nSPS) is 11.9. The van der Waals surface area contributed by atoms with Crippen LogP contribution in [0.1, 0.15) is 15.6 Å². The van der Waals surface area contributed by atoms with E-state index in [-0.39, 0.29) is 5.75 Å². The summed E-state index contributed by atoms with van der Waals surface area (Å²) in [5, 5.41) is 0.574. The van der Waals surface area contributed by atoms with Gasteiger partial charge in [-0.05, 0) is 0 Å². The van der Waals surface area contributed by atoms with Gasteiger partial charge in [-0.15, -0.1) is 11.3 Å². The third kappa shape index (κ3) is 3.86. The van der Waals surface area contributed by atoms with Gasteiger partial charge in [0.2, 0.25) is 0 Å². The van der Waals surface area contributed by atoms with Crippen LogP contribution in [-0.2, 0) is 33.5 Å². The van der Waals surface area contributed by atoms with E-state index in [0.29, 0.717) is 18.2 Å². The second-order valence-electron chi connectivity index (χ2n) is 3.18. The van der Waals surface area contributed by atoms with Crippen molar-refractivity contribution in [3.63, 3.8) is 0 Å². The van der Waals surface area contributed by atoms with Gasteiger partial charge >= 0.3 is 0 Å². The van der Waals surface area contributed by atoms with Gasteiger partial charge in [0, 0.05) is 24.8 Å². The van der Waals surface area contributed by atoms with Crippen LogP contribution in [0.4, 0.5) is 0 Å². The highest BCUT2D eigenvalue weighted by Gasteiger charge is 2.13. The van der Waals surface area contributed by atoms with Crippen LogP contribution in [0.5, 0.6) is 0 Å². The number of ether oxygens (including phenoxy) is 1. The molecule has 0 unspecified atom stereocenters. The third-order valence-corrected chi connectivity index (χ3v) is 3.78. The molecule has 1 aromatic heterocycles. The highest BCUT2D eigenvalue weighted by atomic mass is 32.2. The van der Waals surface area contributed by atoms with Crippen LogP contribution >= 0.6 is 11.3 Å². The average Bonchev–Trinajstić information content (AvgIpc) is 2.45. The molecular weight excluding hydrogens is 236 g/mol. The first-order valence-corrected chi connectivity index (χ1v) is 7.18. The fourth-order valence-electron chi connectivity index (χ4n) is 1.13. The van der Waals surface area contributed by atoms with Crippen molar-refractivity contribution in [3.05, 3.63) is 15.6 Å². The zero-order valence-electron chi connectivity index (χ0n) is 8.69. The maximum atomic E-state index is 11.1. The minimum absolute atomic E-state index is 0.0334. The van der Waals surface area contributed by atoms with Crippen LogP contribution in [0.3, 0.4) is 0 Å². The van der Waals surface area contributed by atoms with Gasteiger partial charge in [0.05, 0.1) is 12.3 Å². The number of aromatic nitrogens is 1. The molecule has 15 heavy (non-hydrogen) atoms. The van der Waals surface area contributed by atoms with Crippen molar-refractivity contribution in [2.45, 2.75) is 18.9 Å². The predicted molar refractivity (Wildman–Crippen MR) is 59.3 cm³/mol. The summed E-state index contributed by atoms with van der Waals surface area (Å²) in [6.45, 7) is 0.729. The smallest absolute Gasteiger partial charge is 0.153 e. The molecule has 0 aliphatic carbocycles. The summed E-state index contributed by atoms with van der Waals surface area (Å²) >= 11 is 1.33. The van der Waals surface area contributed by atoms with Crippen LogP contribution in [0, 0.1) is 0 Å². The predicted octanol–water partition coefficient (Wildman–Crippen LogP) is 0.293. The summed E-state index contributed by atoms with van der Waals surface area (Å²) < 4.78 is 27.1. The second-order valence-corrected chi connectivity index (χ2v) is 6.49. The Hall–Kier alpha value is -0.500. The van der Waals surface area contributed by atoms with Gasteiger partial charge in [0.1, 0.15) is 10.8 Å². The zero-order valence-corrected chi connectivity index (χ0v) is 10.3. The quantitative estimate of drug-likeness (QED) is 0.812. The molecule has 1 rings (SSSR count). The molecule has 0 bridgehead atoms. The molecule has 0 saturated heterocycles. The summed E-state index contributed by atoms with van der Waals surface area (Å²) in [5.41, 5.74) is 6.26. The monoisotopic (exact) mass is 250 g/mol. The Kier molecular flexibility index (Phi) is 4.21. The molecular formula is C8H14N2O3S2. The van der Waals surface area contributed by atoms with Gasteiger partial charge in [-0.1, -0.05) is 0 Å². The van der Waals surface area contributed by atoms with Crippen LogP contribution < -0.4 is 5.73 Å². The van der Waals surface area contributed by atoms with Gasteiger partial charge in [0.25, 0.3) is 0 Å². The fourth-order valence-corrected chi connectivity index (χ4v) is 3.27. The van der Waals surface area contributed by atoms with Crippen LogP contribution in [-0.4, -0.2) is 26.8 Å². The maximum Gasteiger partial charge on any atom is 0.153 e. The van der Waals surface area contributed by atoms with E-state index in [4.69, 9.17) is 10.5 Å². The lowest BCUT2D eigenvalue weighted by Gasteiger charge is -1.95. The van der Waals surface area contributed by atoms with Crippen LogP contribution in [0.2, 0.25) is 0 Å². The number of nitrogens with two attached hydrogens (primary N) is 1. The van der Waals surface area contributed by atoms with Crippen molar-refractivity contribution < 1.29 is 13.2 Å². The Morgan fingerprint density at radius 3 is 2.67 bits per heavy atom. The van der Waals surface area contributed by atoms with Gasteiger partial charge in [-0.25, -0.2) is 13.4 Å². The fraction of sp³-hybridized carbons (Fsp3) is 0.625. The summed E-state index contributed by atoms with van der Waals surface area (Å²) in [5.74, 6) is -0.0334. The first-order valence-electron chi connectivity index (χ1n) is 4.30. The molecule has 0 aliphatic heterocycles. The Bertz CT molecular complexity index is 425. The van der Waals surface area contributed by atoms with Crippen molar-refractivity contribution in [1.82, 2.24) is 4.98 Å². The van der Waals surface area contributed by atoms with E-state index in [2.05, 4.69) is 4.98 Å². The largest absolute Gasteiger partial charge is 0.378 e. The van der Waals surface area contributed by atoms with Crippen LogP contribution in [0.25, 0.3) is 0 Å². The van der Waals surface area contributed by atoms with E-state index in [1.54, 1.807) is 7.11 Å². The first kappa shape index (κ1) is 12.6. The molecule has 0 atom stereocenters. The van der Waals surface area contributed by atoms with E-state index in [0.717, 1.165) is 10.6 Å². The van der Waals surface area contributed by atoms with E-state index >= 15 is 0 Å². The topological polar surface area (TPSA) is 82.3 Å². The molecule has 0 saturated carbocycles. The van der Waals surface area contributed by atoms with Crippen molar-refractivity contribution in [3.8, 4) is 0 Å². The standard InChI is InChI=1S/C8H14N2O3S2/c1-13-4-6-7(3-9)14-8(10-6)5-15(2,11)12/h3-5,9H2,1-2H3. The number of thiazole rings is 1. The molecule has 1 aromatic rings. The molecule has 5 nitrogen and oxygen atoms in total. The van der Waals surface area contributed by atoms with Gasteiger partial charge in [-0.3, -0.25) is 0 Å². The lowest BCUT2D eigenvalue weighted by molar-refractivity contribution is 0.181. The Balaban J connectivity index is 2.92. The maximum absolute atomic E-state index is 11.1. The van der Waals surface area contributed by atoms with Crippen molar-refractivity contribution >= 4 is 21.2 Å². The Labute approximate surface area is 93.2 Å². The summed E-state index contributed by atoms with van der Waals surface area (Å²) in [4.78, 5) is 5.08. The molecule has 0 amide bonds. The van der Waals surface area contributed by atoms with E-state index in [9.17, 15) is 8.42 Å². The summed E-state index contributed by atoms with van der Waals surface area (Å²) in [6.07, 6.45) is 1.19. The van der Waals surface area contributed by atoms with E-state index in [1.807, 2.05) is 0 Å². The number of rotatable bonds is 5. The highest BCUT2D eigenvalue weighted by molar-refractivity contribution is 7.90. The number of nitrogens with zero attached hydrogens (tertiary/aromatic N) is 1. The van der Waals surface area contributed by atoms with Crippen molar-refractivity contribution in [1.29, 1.82) is 0 Å². The number of sulfone groups is 1. The minimum atomic E-state index is -3.04. The van der Waals surface area contributed by atoms with Crippen molar-refractivity contribution in [2.24, 2.45) is 5.73 Å². The van der Waals surface area contributed by atoms with Gasteiger partial charge in [-0.2, -0.15) is 0 Å². The number of hydrogen-bond donors (Lipinski definition) is 1. The molecule has 0 spiro atoms. The highest BCUT2D eigenvalue weighted by Crippen LogP contribution is 2.20. The summed E-state index contributed by atoms with van der Waals surface area (Å²) in [7, 11) is -1.47. The molecule has 0 radical (unpaired) electrons. The van der Waals surface area contributed by atoms with Gasteiger partial charge in [0.15, 0.2) is 9.84 Å². The molecule has 0 aliphatic rings. The number of methoxy groups -OCH3 is 1. The molecule has 0 aromatic carbocycles. The second kappa shape index (κ2) is 5.02. The molecule has 86 valence electrons. The molecule has 2 N–H and O–H groups in total. The van der Waals surface area contributed by atoms with E-state index in [1.165, 1.54) is 17.6 Å². The Morgan fingerprint density at radius 2 is 2.20 bits per heavy atom. The zero-order chi connectivity index (χ0) is 11.5. The minimum Gasteiger partial charge on any atom is -0.378 e. The van der Waals surface area contributed by atoms with Gasteiger partial charge < -0.3 is 10.5 Å². The number of hydrogen-bond acceptors (Lipinski definition) is 6. The molecule has 7 heteroatoms.